The number of nitriles is 1. The second-order valence-electron chi connectivity index (χ2n) is 2.99. The minimum Gasteiger partial charge on any atom is -0.278 e. The molecule has 0 aromatic carbocycles. The molecule has 0 amide bonds. The Morgan fingerprint density at radius 2 is 2.15 bits per heavy atom. The summed E-state index contributed by atoms with van der Waals surface area (Å²) in [4.78, 5) is 3.85. The fourth-order valence-electron chi connectivity index (χ4n) is 0.769. The van der Waals surface area contributed by atoms with Crippen LogP contribution in [0.3, 0.4) is 0 Å². The summed E-state index contributed by atoms with van der Waals surface area (Å²) in [5, 5.41) is 8.20. The molecule has 0 N–H and O–H groups in total. The summed E-state index contributed by atoms with van der Waals surface area (Å²) in [5.41, 5.74) is 0. The van der Waals surface area contributed by atoms with Gasteiger partial charge in [0.1, 0.15) is 6.54 Å². The van der Waals surface area contributed by atoms with Gasteiger partial charge in [-0.05, 0) is 17.9 Å². The number of nitrogens with zero attached hydrogens (tertiary/aromatic N) is 2. The Hall–Kier alpha value is -1.36. The minimum atomic E-state index is 0.232. The maximum atomic E-state index is 8.20. The summed E-state index contributed by atoms with van der Waals surface area (Å²) in [6.07, 6.45) is 7.53. The first-order chi connectivity index (χ1) is 6.22. The van der Waals surface area contributed by atoms with Gasteiger partial charge >= 0.3 is 0 Å². The fourth-order valence-corrected chi connectivity index (χ4v) is 0.769. The number of aliphatic imine (C=N–C) groups is 1. The summed E-state index contributed by atoms with van der Waals surface area (Å²) in [6.45, 7) is 8.21. The predicted molar refractivity (Wildman–Crippen MR) is 56.6 cm³/mol. The van der Waals surface area contributed by atoms with Crippen LogP contribution in [0.1, 0.15) is 13.8 Å². The van der Waals surface area contributed by atoms with E-state index in [2.05, 4.69) is 31.5 Å². The van der Waals surface area contributed by atoms with Crippen LogP contribution < -0.4 is 0 Å². The molecule has 2 atom stereocenters. The van der Waals surface area contributed by atoms with Crippen LogP contribution in [-0.2, 0) is 0 Å². The Bertz CT molecular complexity index is 233. The van der Waals surface area contributed by atoms with E-state index in [4.69, 9.17) is 5.26 Å². The molecular formula is C11H16N2. The molecule has 0 aromatic heterocycles. The molecule has 2 heteroatoms. The summed E-state index contributed by atoms with van der Waals surface area (Å²) < 4.78 is 0. The zero-order chi connectivity index (χ0) is 10.1. The van der Waals surface area contributed by atoms with E-state index < -0.39 is 0 Å². The Morgan fingerprint density at radius 1 is 1.46 bits per heavy atom. The summed E-state index contributed by atoms with van der Waals surface area (Å²) in [5.74, 6) is 0.937. The quantitative estimate of drug-likeness (QED) is 0.360. The number of hydrogen-bond acceptors (Lipinski definition) is 2. The summed E-state index contributed by atoms with van der Waals surface area (Å²) in [7, 11) is 0. The highest BCUT2D eigenvalue weighted by Crippen LogP contribution is 2.12. The van der Waals surface area contributed by atoms with Crippen molar-refractivity contribution in [1.82, 2.24) is 0 Å². The van der Waals surface area contributed by atoms with Gasteiger partial charge in [-0.1, -0.05) is 26.0 Å². The molecule has 13 heavy (non-hydrogen) atoms. The lowest BCUT2D eigenvalue weighted by Crippen LogP contribution is -2.00. The summed E-state index contributed by atoms with van der Waals surface area (Å²) in [6, 6.07) is 1.94. The molecule has 0 fully saturated rings. The van der Waals surface area contributed by atoms with Crippen molar-refractivity contribution in [3.63, 3.8) is 0 Å². The van der Waals surface area contributed by atoms with Crippen molar-refractivity contribution in [3.8, 4) is 6.07 Å². The Labute approximate surface area is 80.3 Å². The van der Waals surface area contributed by atoms with Gasteiger partial charge in [-0.25, -0.2) is 0 Å². The van der Waals surface area contributed by atoms with Crippen LogP contribution in [0.15, 0.2) is 29.8 Å². The van der Waals surface area contributed by atoms with Crippen molar-refractivity contribution >= 4 is 6.21 Å². The van der Waals surface area contributed by atoms with E-state index in [1.165, 1.54) is 0 Å². The van der Waals surface area contributed by atoms with Crippen LogP contribution in [0.5, 0.6) is 0 Å². The molecular weight excluding hydrogens is 160 g/mol. The van der Waals surface area contributed by atoms with Crippen molar-refractivity contribution in [2.24, 2.45) is 16.8 Å². The van der Waals surface area contributed by atoms with Crippen molar-refractivity contribution in [2.75, 3.05) is 6.54 Å². The van der Waals surface area contributed by atoms with E-state index in [0.29, 0.717) is 11.8 Å². The molecule has 2 nitrogen and oxygen atoms in total. The molecule has 0 heterocycles. The van der Waals surface area contributed by atoms with Crippen LogP contribution in [0.25, 0.3) is 0 Å². The molecule has 0 aromatic rings. The van der Waals surface area contributed by atoms with Crippen LogP contribution in [-0.4, -0.2) is 12.8 Å². The van der Waals surface area contributed by atoms with Gasteiger partial charge in [0.25, 0.3) is 0 Å². The van der Waals surface area contributed by atoms with Crippen molar-refractivity contribution in [2.45, 2.75) is 13.8 Å². The Balaban J connectivity index is 3.84. The SMILES string of the molecule is C=CC(C)C(C)C=C/C=N/CC#N. The van der Waals surface area contributed by atoms with E-state index in [1.54, 1.807) is 6.21 Å². The number of hydrogen-bond donors (Lipinski definition) is 0. The van der Waals surface area contributed by atoms with Gasteiger partial charge in [-0.2, -0.15) is 5.26 Å². The molecule has 2 unspecified atom stereocenters. The lowest BCUT2D eigenvalue weighted by Gasteiger charge is -2.09. The molecule has 0 saturated carbocycles. The molecule has 0 radical (unpaired) electrons. The van der Waals surface area contributed by atoms with E-state index >= 15 is 0 Å². The maximum absolute atomic E-state index is 8.20. The van der Waals surface area contributed by atoms with Crippen molar-refractivity contribution in [1.29, 1.82) is 5.26 Å². The van der Waals surface area contributed by atoms with Gasteiger partial charge in [0.05, 0.1) is 6.07 Å². The first-order valence-corrected chi connectivity index (χ1v) is 4.38. The maximum Gasteiger partial charge on any atom is 0.126 e. The summed E-state index contributed by atoms with van der Waals surface area (Å²) >= 11 is 0. The smallest absolute Gasteiger partial charge is 0.126 e. The van der Waals surface area contributed by atoms with Gasteiger partial charge in [0.15, 0.2) is 0 Å². The third-order valence-corrected chi connectivity index (χ3v) is 1.97. The first-order valence-electron chi connectivity index (χ1n) is 4.38. The Kier molecular flexibility index (Phi) is 6.53. The van der Waals surface area contributed by atoms with Gasteiger partial charge < -0.3 is 0 Å². The highest BCUT2D eigenvalue weighted by Gasteiger charge is 2.02. The molecule has 0 spiro atoms. The van der Waals surface area contributed by atoms with Gasteiger partial charge in [-0.3, -0.25) is 4.99 Å². The fraction of sp³-hybridized carbons (Fsp3) is 0.455. The van der Waals surface area contributed by atoms with Crippen molar-refractivity contribution < 1.29 is 0 Å². The molecule has 0 aliphatic rings. The minimum absolute atomic E-state index is 0.232. The van der Waals surface area contributed by atoms with Gasteiger partial charge in [-0.15, -0.1) is 6.58 Å². The third-order valence-electron chi connectivity index (χ3n) is 1.97. The normalized spacial score (nSPS) is 15.8. The molecule has 0 saturated heterocycles. The van der Waals surface area contributed by atoms with E-state index in [0.717, 1.165) is 0 Å². The molecule has 0 rings (SSSR count). The molecule has 0 aliphatic heterocycles. The first kappa shape index (κ1) is 11.6. The zero-order valence-electron chi connectivity index (χ0n) is 8.27. The van der Waals surface area contributed by atoms with Crippen LogP contribution >= 0.6 is 0 Å². The topological polar surface area (TPSA) is 36.1 Å². The number of allylic oxidation sites excluding steroid dienone is 3. The van der Waals surface area contributed by atoms with E-state index in [1.807, 2.05) is 18.2 Å². The molecule has 0 bridgehead atoms. The second-order valence-corrected chi connectivity index (χ2v) is 2.99. The van der Waals surface area contributed by atoms with Crippen LogP contribution in [0, 0.1) is 23.2 Å². The average molecular weight is 176 g/mol. The van der Waals surface area contributed by atoms with E-state index in [-0.39, 0.29) is 6.54 Å². The van der Waals surface area contributed by atoms with Gasteiger partial charge in [0.2, 0.25) is 0 Å². The highest BCUT2D eigenvalue weighted by molar-refractivity contribution is 5.71. The standard InChI is InChI=1S/C11H16N2/c1-4-10(2)11(3)6-5-8-13-9-7-12/h4-6,8,10-11H,1,9H2,2-3H3/b6-5?,13-8+. The molecule has 0 aliphatic carbocycles. The third kappa shape index (κ3) is 5.86. The van der Waals surface area contributed by atoms with Crippen LogP contribution in [0.4, 0.5) is 0 Å². The lowest BCUT2D eigenvalue weighted by atomic mass is 9.96. The largest absolute Gasteiger partial charge is 0.278 e. The van der Waals surface area contributed by atoms with Crippen molar-refractivity contribution in [3.05, 3.63) is 24.8 Å². The van der Waals surface area contributed by atoms with E-state index in [9.17, 15) is 0 Å². The zero-order valence-corrected chi connectivity index (χ0v) is 8.27. The van der Waals surface area contributed by atoms with Gasteiger partial charge in [0, 0.05) is 6.21 Å². The second kappa shape index (κ2) is 7.30. The Morgan fingerprint density at radius 3 is 2.69 bits per heavy atom. The predicted octanol–water partition coefficient (Wildman–Crippen LogP) is 2.60. The van der Waals surface area contributed by atoms with Crippen LogP contribution in [0.2, 0.25) is 0 Å². The lowest BCUT2D eigenvalue weighted by molar-refractivity contribution is 0.560. The highest BCUT2D eigenvalue weighted by atomic mass is 14.7. The average Bonchev–Trinajstić information content (AvgIpc) is 2.16. The molecule has 70 valence electrons. The monoisotopic (exact) mass is 176 g/mol. The number of rotatable bonds is 5.